The Morgan fingerprint density at radius 3 is 2.46 bits per heavy atom. The van der Waals surface area contributed by atoms with E-state index >= 15 is 0 Å². The third kappa shape index (κ3) is 4.08. The van der Waals surface area contributed by atoms with E-state index in [2.05, 4.69) is 4.90 Å². The van der Waals surface area contributed by atoms with E-state index in [1.165, 1.54) is 12.1 Å². The molecular weight excluding hydrogens is 337 g/mol. The van der Waals surface area contributed by atoms with Crippen LogP contribution in [0, 0.1) is 5.82 Å². The van der Waals surface area contributed by atoms with Gasteiger partial charge in [0.1, 0.15) is 23.1 Å². The summed E-state index contributed by atoms with van der Waals surface area (Å²) in [6.45, 7) is 2.52. The van der Waals surface area contributed by atoms with Crippen molar-refractivity contribution in [2.24, 2.45) is 0 Å². The van der Waals surface area contributed by atoms with Crippen LogP contribution in [0.25, 0.3) is 0 Å². The van der Waals surface area contributed by atoms with Gasteiger partial charge in [-0.05, 0) is 42.8 Å². The van der Waals surface area contributed by atoms with Crippen molar-refractivity contribution in [3.63, 3.8) is 0 Å². The zero-order valence-corrected chi connectivity index (χ0v) is 15.1. The monoisotopic (exact) mass is 361 g/mol. The number of benzene rings is 2. The van der Waals surface area contributed by atoms with Crippen LogP contribution in [-0.2, 0) is 6.54 Å². The zero-order chi connectivity index (χ0) is 18.5. The van der Waals surface area contributed by atoms with Crippen molar-refractivity contribution in [3.05, 3.63) is 53.3 Å². The van der Waals surface area contributed by atoms with E-state index in [1.54, 1.807) is 26.4 Å². The number of aliphatic hydroxyl groups excluding tert-OH is 1. The second kappa shape index (κ2) is 8.38. The van der Waals surface area contributed by atoms with Gasteiger partial charge in [-0.15, -0.1) is 0 Å². The molecule has 0 radical (unpaired) electrons. The number of nitrogens with zero attached hydrogens (tertiary/aromatic N) is 1. The van der Waals surface area contributed by atoms with Gasteiger partial charge >= 0.3 is 0 Å². The Balaban J connectivity index is 1.59. The van der Waals surface area contributed by atoms with Crippen molar-refractivity contribution in [1.82, 2.24) is 4.90 Å². The number of fused-ring (bicyclic) bond motifs is 1. The van der Waals surface area contributed by atoms with Crippen LogP contribution < -0.4 is 14.2 Å². The highest BCUT2D eigenvalue weighted by Gasteiger charge is 2.29. The molecule has 0 fully saturated rings. The molecule has 1 aliphatic rings. The number of aliphatic hydroxyl groups is 1. The van der Waals surface area contributed by atoms with Gasteiger partial charge in [0.25, 0.3) is 0 Å². The molecule has 5 nitrogen and oxygen atoms in total. The molecule has 140 valence electrons. The van der Waals surface area contributed by atoms with Gasteiger partial charge in [0.15, 0.2) is 0 Å². The number of hydrogen-bond acceptors (Lipinski definition) is 5. The molecule has 0 saturated heterocycles. The van der Waals surface area contributed by atoms with Crippen LogP contribution in [0.3, 0.4) is 0 Å². The molecule has 0 aromatic heterocycles. The van der Waals surface area contributed by atoms with Crippen molar-refractivity contribution in [2.75, 3.05) is 33.9 Å². The van der Waals surface area contributed by atoms with E-state index in [0.717, 1.165) is 29.8 Å². The number of hydrogen-bond donors (Lipinski definition) is 1. The third-order valence-corrected chi connectivity index (χ3v) is 4.56. The predicted octanol–water partition coefficient (Wildman–Crippen LogP) is 3.16. The Bertz CT molecular complexity index is 735. The van der Waals surface area contributed by atoms with Crippen LogP contribution >= 0.6 is 0 Å². The molecule has 3 rings (SSSR count). The van der Waals surface area contributed by atoms with Crippen LogP contribution in [0.15, 0.2) is 36.4 Å². The SMILES string of the molecule is COc1ccc(OC)c2c1CN(CCCOc1ccc(F)cc1)CC2O. The van der Waals surface area contributed by atoms with Crippen LogP contribution in [0.5, 0.6) is 17.2 Å². The minimum absolute atomic E-state index is 0.275. The molecule has 1 heterocycles. The van der Waals surface area contributed by atoms with E-state index in [9.17, 15) is 9.50 Å². The van der Waals surface area contributed by atoms with Crippen molar-refractivity contribution in [3.8, 4) is 17.2 Å². The summed E-state index contributed by atoms with van der Waals surface area (Å²) in [5, 5.41) is 10.6. The summed E-state index contributed by atoms with van der Waals surface area (Å²) in [5.74, 6) is 1.82. The summed E-state index contributed by atoms with van der Waals surface area (Å²) < 4.78 is 29.4. The molecule has 1 unspecified atom stereocenters. The van der Waals surface area contributed by atoms with Gasteiger partial charge < -0.3 is 19.3 Å². The molecule has 0 spiro atoms. The smallest absolute Gasteiger partial charge is 0.125 e. The van der Waals surface area contributed by atoms with Gasteiger partial charge in [-0.2, -0.15) is 0 Å². The summed E-state index contributed by atoms with van der Waals surface area (Å²) in [7, 11) is 3.23. The minimum Gasteiger partial charge on any atom is -0.496 e. The van der Waals surface area contributed by atoms with Gasteiger partial charge in [-0.3, -0.25) is 4.90 Å². The second-order valence-electron chi connectivity index (χ2n) is 6.27. The van der Waals surface area contributed by atoms with Crippen LogP contribution in [0.1, 0.15) is 23.7 Å². The van der Waals surface area contributed by atoms with Crippen LogP contribution in [0.4, 0.5) is 4.39 Å². The maximum atomic E-state index is 12.9. The summed E-state index contributed by atoms with van der Waals surface area (Å²) in [5.41, 5.74) is 1.77. The first-order valence-electron chi connectivity index (χ1n) is 8.65. The Morgan fingerprint density at radius 2 is 1.77 bits per heavy atom. The molecule has 2 aromatic carbocycles. The quantitative estimate of drug-likeness (QED) is 0.768. The number of rotatable bonds is 7. The second-order valence-corrected chi connectivity index (χ2v) is 6.27. The van der Waals surface area contributed by atoms with Crippen molar-refractivity contribution in [2.45, 2.75) is 19.1 Å². The predicted molar refractivity (Wildman–Crippen MR) is 96.3 cm³/mol. The molecule has 0 bridgehead atoms. The first kappa shape index (κ1) is 18.5. The summed E-state index contributed by atoms with van der Waals surface area (Å²) in [6.07, 6.45) is 0.174. The van der Waals surface area contributed by atoms with Gasteiger partial charge in [-0.25, -0.2) is 4.39 Å². The number of β-amino-alcohol motifs (C(OH)–C–C–N with tert-alkyl or cyclic N) is 1. The van der Waals surface area contributed by atoms with Gasteiger partial charge in [0.05, 0.1) is 26.9 Å². The summed E-state index contributed by atoms with van der Waals surface area (Å²) in [6, 6.07) is 9.69. The Hall–Kier alpha value is -2.31. The molecule has 0 amide bonds. The molecule has 0 saturated carbocycles. The fourth-order valence-corrected chi connectivity index (χ4v) is 3.32. The maximum Gasteiger partial charge on any atom is 0.125 e. The van der Waals surface area contributed by atoms with Gasteiger partial charge in [-0.1, -0.05) is 0 Å². The molecule has 1 atom stereocenters. The van der Waals surface area contributed by atoms with Crippen molar-refractivity contribution < 1.29 is 23.7 Å². The minimum atomic E-state index is -0.623. The van der Waals surface area contributed by atoms with E-state index in [-0.39, 0.29) is 5.82 Å². The number of methoxy groups -OCH3 is 2. The van der Waals surface area contributed by atoms with Gasteiger partial charge in [0, 0.05) is 30.8 Å². The maximum absolute atomic E-state index is 12.9. The van der Waals surface area contributed by atoms with E-state index in [1.807, 2.05) is 12.1 Å². The van der Waals surface area contributed by atoms with E-state index in [0.29, 0.717) is 31.2 Å². The van der Waals surface area contributed by atoms with Crippen molar-refractivity contribution >= 4 is 0 Å². The molecule has 0 aliphatic carbocycles. The Morgan fingerprint density at radius 1 is 1.08 bits per heavy atom. The number of ether oxygens (including phenoxy) is 3. The third-order valence-electron chi connectivity index (χ3n) is 4.56. The lowest BCUT2D eigenvalue weighted by molar-refractivity contribution is 0.0849. The lowest BCUT2D eigenvalue weighted by Crippen LogP contribution is -2.35. The van der Waals surface area contributed by atoms with E-state index < -0.39 is 6.10 Å². The average Bonchev–Trinajstić information content (AvgIpc) is 2.65. The van der Waals surface area contributed by atoms with E-state index in [4.69, 9.17) is 14.2 Å². The molecule has 2 aromatic rings. The highest BCUT2D eigenvalue weighted by molar-refractivity contribution is 5.51. The standard InChI is InChI=1S/C20H24FNO4/c1-24-18-8-9-19(25-2)20-16(18)12-22(13-17(20)23)10-3-11-26-15-6-4-14(21)5-7-15/h4-9,17,23H,3,10-13H2,1-2H3. The van der Waals surface area contributed by atoms with Crippen LogP contribution in [-0.4, -0.2) is 43.9 Å². The highest BCUT2D eigenvalue weighted by Crippen LogP contribution is 2.39. The largest absolute Gasteiger partial charge is 0.496 e. The van der Waals surface area contributed by atoms with Gasteiger partial charge in [0.2, 0.25) is 0 Å². The first-order chi connectivity index (χ1) is 12.6. The molecular formula is C20H24FNO4. The normalized spacial score (nSPS) is 16.8. The Labute approximate surface area is 152 Å². The highest BCUT2D eigenvalue weighted by atomic mass is 19.1. The summed E-state index contributed by atoms with van der Waals surface area (Å²) >= 11 is 0. The Kier molecular flexibility index (Phi) is 5.96. The fourth-order valence-electron chi connectivity index (χ4n) is 3.32. The lowest BCUT2D eigenvalue weighted by Gasteiger charge is -2.33. The zero-order valence-electron chi connectivity index (χ0n) is 15.1. The summed E-state index contributed by atoms with van der Waals surface area (Å²) in [4.78, 5) is 2.17. The number of halogens is 1. The topological polar surface area (TPSA) is 51.2 Å². The molecule has 1 N–H and O–H groups in total. The molecule has 26 heavy (non-hydrogen) atoms. The fraction of sp³-hybridized carbons (Fsp3) is 0.400. The first-order valence-corrected chi connectivity index (χ1v) is 8.65. The molecule has 1 aliphatic heterocycles. The lowest BCUT2D eigenvalue weighted by atomic mass is 9.95. The van der Waals surface area contributed by atoms with Crippen LogP contribution in [0.2, 0.25) is 0 Å². The molecule has 6 heteroatoms. The average molecular weight is 361 g/mol. The van der Waals surface area contributed by atoms with Crippen molar-refractivity contribution in [1.29, 1.82) is 0 Å².